The Balaban J connectivity index is 1.47. The highest BCUT2D eigenvalue weighted by Crippen LogP contribution is 2.72. The van der Waals surface area contributed by atoms with E-state index in [1.165, 1.54) is 0 Å². The Kier molecular flexibility index (Phi) is 10.9. The summed E-state index contributed by atoms with van der Waals surface area (Å²) in [7, 11) is 0. The van der Waals surface area contributed by atoms with E-state index in [1.54, 1.807) is 0 Å². The second kappa shape index (κ2) is 14.1. The lowest BCUT2D eigenvalue weighted by molar-refractivity contribution is -0.288. The summed E-state index contributed by atoms with van der Waals surface area (Å²) >= 11 is 0. The van der Waals surface area contributed by atoms with Crippen molar-refractivity contribution in [2.45, 2.75) is 146 Å². The average molecular weight is 701 g/mol. The molecule has 2 saturated heterocycles. The van der Waals surface area contributed by atoms with Gasteiger partial charge in [0.05, 0.1) is 31.5 Å². The predicted molar refractivity (Wildman–Crippen MR) is 173 cm³/mol. The largest absolute Gasteiger partial charge is 0.481 e. The number of carboxylic acid groups (broad SMARTS) is 1. The lowest BCUT2D eigenvalue weighted by atomic mass is 9.39. The number of aliphatic carboxylic acids is 1. The van der Waals surface area contributed by atoms with Crippen molar-refractivity contribution >= 4 is 5.97 Å². The summed E-state index contributed by atoms with van der Waals surface area (Å²) in [5.74, 6) is -1.67. The Morgan fingerprint density at radius 2 is 1.33 bits per heavy atom. The first kappa shape index (κ1) is 37.8. The molecule has 13 heteroatoms. The van der Waals surface area contributed by atoms with Gasteiger partial charge >= 0.3 is 5.97 Å². The van der Waals surface area contributed by atoms with Crippen LogP contribution in [-0.2, 0) is 14.3 Å². The molecule has 0 bridgehead atoms. The van der Waals surface area contributed by atoms with E-state index < -0.39 is 91.7 Å². The Morgan fingerprint density at radius 1 is 0.735 bits per heavy atom. The fourth-order valence-corrected chi connectivity index (χ4v) is 12.7. The highest BCUT2D eigenvalue weighted by molar-refractivity contribution is 5.66. The second-order valence-corrected chi connectivity index (χ2v) is 17.2. The quantitative estimate of drug-likeness (QED) is 0.156. The smallest absolute Gasteiger partial charge is 0.303 e. The maximum atomic E-state index is 11.7. The van der Waals surface area contributed by atoms with Crippen molar-refractivity contribution in [2.24, 2.45) is 58.2 Å². The van der Waals surface area contributed by atoms with E-state index >= 15 is 0 Å². The second-order valence-electron chi connectivity index (χ2n) is 17.2. The monoisotopic (exact) mass is 700 g/mol. The molecule has 13 nitrogen and oxygen atoms in total. The van der Waals surface area contributed by atoms with E-state index in [-0.39, 0.29) is 59.2 Å². The zero-order valence-corrected chi connectivity index (χ0v) is 28.9. The van der Waals surface area contributed by atoms with Crippen LogP contribution in [0.2, 0.25) is 0 Å². The molecule has 6 rings (SSSR count). The van der Waals surface area contributed by atoms with E-state index in [4.69, 9.17) is 9.47 Å². The number of ether oxygens (including phenoxy) is 2. The molecule has 282 valence electrons. The molecular formula is C36H60O13. The lowest BCUT2D eigenvalue weighted by Crippen LogP contribution is -2.68. The number of carbonyl (C=O) groups is 1. The number of carboxylic acids is 1. The van der Waals surface area contributed by atoms with Gasteiger partial charge in [-0.05, 0) is 110 Å². The molecule has 4 aliphatic carbocycles. The first-order chi connectivity index (χ1) is 23.1. The summed E-state index contributed by atoms with van der Waals surface area (Å²) in [6.07, 6.45) is -8.29. The van der Waals surface area contributed by atoms with Gasteiger partial charge in [-0.3, -0.25) is 4.79 Å². The van der Waals surface area contributed by atoms with Crippen LogP contribution in [-0.4, -0.2) is 137 Å². The van der Waals surface area contributed by atoms with Crippen LogP contribution in [0.1, 0.15) is 78.6 Å². The molecule has 1 unspecified atom stereocenters. The van der Waals surface area contributed by atoms with Gasteiger partial charge in [0, 0.05) is 6.42 Å². The molecule has 2 heterocycles. The third kappa shape index (κ3) is 6.10. The average Bonchev–Trinajstić information content (AvgIpc) is 3.43. The minimum absolute atomic E-state index is 0.00401. The first-order valence-corrected chi connectivity index (χ1v) is 18.6. The summed E-state index contributed by atoms with van der Waals surface area (Å²) in [6, 6.07) is 0. The van der Waals surface area contributed by atoms with Crippen molar-refractivity contribution in [3.63, 3.8) is 0 Å². The van der Waals surface area contributed by atoms with Gasteiger partial charge < -0.3 is 60.5 Å². The van der Waals surface area contributed by atoms with Crippen LogP contribution in [0, 0.1) is 58.2 Å². The van der Waals surface area contributed by atoms with Crippen molar-refractivity contribution in [3.05, 3.63) is 0 Å². The fourth-order valence-electron chi connectivity index (χ4n) is 12.7. The summed E-state index contributed by atoms with van der Waals surface area (Å²) in [4.78, 5) is 11.7. The van der Waals surface area contributed by atoms with Crippen LogP contribution in [0.4, 0.5) is 0 Å². The SMILES string of the molecule is C[C@H](CCC(=O)O)[C@H]1CC[C@H]2[C@@H]3[C@@H](C4O[C@H](CO)[C@@H](O)[C@H](O)[C@H]4O)C[C@@H]4C[C@H](O)CC[C@]4(C)[C@H]3C[C@@H]([C@@H]3O[C@H](CO)[C@@H](O)[C@H](O)[C@H]3O)[C@]12C. The van der Waals surface area contributed by atoms with Gasteiger partial charge in [0.2, 0.25) is 0 Å². The maximum absolute atomic E-state index is 11.7. The molecular weight excluding hydrogens is 640 g/mol. The molecule has 0 amide bonds. The van der Waals surface area contributed by atoms with Crippen LogP contribution in [0.5, 0.6) is 0 Å². The molecule has 0 aromatic heterocycles. The number of rotatable bonds is 8. The number of hydrogen-bond acceptors (Lipinski definition) is 12. The number of fused-ring (bicyclic) bond motifs is 5. The van der Waals surface area contributed by atoms with E-state index in [0.29, 0.717) is 32.1 Å². The summed E-state index contributed by atoms with van der Waals surface area (Å²) in [6.45, 7) is 5.42. The number of hydrogen-bond donors (Lipinski definition) is 10. The molecule has 2 aliphatic heterocycles. The molecule has 6 aliphatic rings. The normalized spacial score (nSPS) is 55.2. The summed E-state index contributed by atoms with van der Waals surface area (Å²) < 4.78 is 12.7. The van der Waals surface area contributed by atoms with E-state index in [2.05, 4.69) is 20.8 Å². The fraction of sp³-hybridized carbons (Fsp3) is 0.972. The zero-order chi connectivity index (χ0) is 35.7. The van der Waals surface area contributed by atoms with Crippen molar-refractivity contribution < 1.29 is 65.3 Å². The van der Waals surface area contributed by atoms with Crippen LogP contribution >= 0.6 is 0 Å². The molecule has 4 saturated carbocycles. The van der Waals surface area contributed by atoms with Crippen molar-refractivity contribution in [2.75, 3.05) is 13.2 Å². The lowest BCUT2D eigenvalue weighted by Gasteiger charge is -2.67. The van der Waals surface area contributed by atoms with Crippen molar-refractivity contribution in [3.8, 4) is 0 Å². The predicted octanol–water partition coefficient (Wildman–Crippen LogP) is -0.356. The third-order valence-electron chi connectivity index (χ3n) is 15.2. The summed E-state index contributed by atoms with van der Waals surface area (Å²) in [5, 5.41) is 107. The first-order valence-electron chi connectivity index (χ1n) is 18.6. The molecule has 0 aromatic rings. The van der Waals surface area contributed by atoms with Crippen molar-refractivity contribution in [1.82, 2.24) is 0 Å². The highest BCUT2D eigenvalue weighted by atomic mass is 16.6. The van der Waals surface area contributed by atoms with Gasteiger partial charge in [-0.25, -0.2) is 0 Å². The van der Waals surface area contributed by atoms with E-state index in [9.17, 15) is 55.9 Å². The Labute approximate surface area is 288 Å². The third-order valence-corrected chi connectivity index (χ3v) is 15.2. The van der Waals surface area contributed by atoms with Gasteiger partial charge in [-0.2, -0.15) is 0 Å². The molecule has 0 aromatic carbocycles. The number of aliphatic hydroxyl groups is 9. The van der Waals surface area contributed by atoms with Crippen molar-refractivity contribution in [1.29, 1.82) is 0 Å². The van der Waals surface area contributed by atoms with Crippen LogP contribution in [0.15, 0.2) is 0 Å². The van der Waals surface area contributed by atoms with Gasteiger partial charge in [0.25, 0.3) is 0 Å². The molecule has 0 radical (unpaired) electrons. The topological polar surface area (TPSA) is 238 Å². The molecule has 10 N–H and O–H groups in total. The van der Waals surface area contributed by atoms with E-state index in [1.807, 2.05) is 0 Å². The standard InChI is InChI=1S/C36H60O13/c1-15(4-7-25(40)41)19-5-6-20-26-18(33-31(46)29(44)27(42)23(13-37)48-33)11-16-10-17(39)8-9-35(16,2)21(26)12-22(36(19,20)3)34-32(47)30(45)28(43)24(14-38)49-34/h15-24,26-34,37-39,42-47H,4-14H2,1-3H3,(H,40,41)/t15-,16+,17-,18+,19-,20+,21+,22+,23-,24-,26+,27-,28-,29+,30+,31-,32-,33?,34+,35+,36-/m1/s1. The minimum Gasteiger partial charge on any atom is -0.481 e. The number of aliphatic hydroxyl groups excluding tert-OH is 9. The Bertz CT molecular complexity index is 1170. The van der Waals surface area contributed by atoms with Crippen LogP contribution in [0.25, 0.3) is 0 Å². The molecule has 21 atom stereocenters. The molecule has 49 heavy (non-hydrogen) atoms. The minimum atomic E-state index is -1.54. The van der Waals surface area contributed by atoms with Crippen LogP contribution in [0.3, 0.4) is 0 Å². The zero-order valence-electron chi connectivity index (χ0n) is 28.9. The molecule has 0 spiro atoms. The maximum Gasteiger partial charge on any atom is 0.303 e. The Morgan fingerprint density at radius 3 is 1.92 bits per heavy atom. The van der Waals surface area contributed by atoms with Crippen LogP contribution < -0.4 is 0 Å². The van der Waals surface area contributed by atoms with Gasteiger partial charge in [-0.15, -0.1) is 0 Å². The Hall–Kier alpha value is -0.970. The molecule has 6 fully saturated rings. The summed E-state index contributed by atoms with van der Waals surface area (Å²) in [5.41, 5.74) is -0.828. The van der Waals surface area contributed by atoms with E-state index in [0.717, 1.165) is 19.3 Å². The highest BCUT2D eigenvalue weighted by Gasteiger charge is 2.69. The van der Waals surface area contributed by atoms with Gasteiger partial charge in [-0.1, -0.05) is 20.8 Å². The van der Waals surface area contributed by atoms with Gasteiger partial charge in [0.15, 0.2) is 0 Å². The van der Waals surface area contributed by atoms with Gasteiger partial charge in [0.1, 0.15) is 48.8 Å².